The fourth-order valence-electron chi connectivity index (χ4n) is 1.90. The van der Waals surface area contributed by atoms with E-state index >= 15 is 0 Å². The topological polar surface area (TPSA) is 73.1 Å². The molecule has 2 N–H and O–H groups in total. The van der Waals surface area contributed by atoms with Crippen LogP contribution in [0.1, 0.15) is 18.4 Å². The lowest BCUT2D eigenvalue weighted by Crippen LogP contribution is -2.43. The summed E-state index contributed by atoms with van der Waals surface area (Å²) in [7, 11) is 0. The summed E-state index contributed by atoms with van der Waals surface area (Å²) in [5.41, 5.74) is 0.686. The molecule has 4 nitrogen and oxygen atoms in total. The van der Waals surface area contributed by atoms with Crippen LogP contribution >= 0.6 is 0 Å². The molecule has 1 aliphatic carbocycles. The molecule has 1 aromatic carbocycles. The Labute approximate surface area is 97.7 Å². The van der Waals surface area contributed by atoms with Gasteiger partial charge in [0.05, 0.1) is 17.2 Å². The van der Waals surface area contributed by atoms with Crippen molar-refractivity contribution in [3.8, 4) is 6.07 Å². The van der Waals surface area contributed by atoms with Crippen molar-refractivity contribution in [2.45, 2.75) is 18.9 Å². The van der Waals surface area contributed by atoms with Crippen molar-refractivity contribution in [3.63, 3.8) is 0 Å². The zero-order valence-corrected chi connectivity index (χ0v) is 8.98. The molecule has 17 heavy (non-hydrogen) atoms. The average Bonchev–Trinajstić information content (AvgIpc) is 2.24. The van der Waals surface area contributed by atoms with Gasteiger partial charge in [-0.3, -0.25) is 4.79 Å². The standard InChI is InChI=1S/C12H11FN2O2/c13-8-1-3-10(7(5-8)6-14)15-11-4-2-9(11)12(16)17/h1,3,5,9,11,15H,2,4H2,(H,16,17). The maximum absolute atomic E-state index is 12.9. The van der Waals surface area contributed by atoms with E-state index in [9.17, 15) is 9.18 Å². The first kappa shape index (κ1) is 11.4. The summed E-state index contributed by atoms with van der Waals surface area (Å²) in [6, 6.07) is 5.55. The van der Waals surface area contributed by atoms with Crippen molar-refractivity contribution in [2.75, 3.05) is 5.32 Å². The fourth-order valence-corrected chi connectivity index (χ4v) is 1.90. The lowest BCUT2D eigenvalue weighted by atomic mass is 9.79. The van der Waals surface area contributed by atoms with Crippen LogP contribution in [-0.4, -0.2) is 17.1 Å². The molecule has 0 aromatic heterocycles. The second kappa shape index (κ2) is 4.42. The number of benzene rings is 1. The molecule has 0 amide bonds. The van der Waals surface area contributed by atoms with Crippen molar-refractivity contribution in [3.05, 3.63) is 29.6 Å². The van der Waals surface area contributed by atoms with Crippen LogP contribution < -0.4 is 5.32 Å². The van der Waals surface area contributed by atoms with Crippen LogP contribution in [0, 0.1) is 23.1 Å². The minimum absolute atomic E-state index is 0.176. The number of hydrogen-bond acceptors (Lipinski definition) is 3. The van der Waals surface area contributed by atoms with Crippen molar-refractivity contribution >= 4 is 11.7 Å². The van der Waals surface area contributed by atoms with E-state index < -0.39 is 17.7 Å². The molecule has 0 heterocycles. The van der Waals surface area contributed by atoms with E-state index in [0.717, 1.165) is 12.5 Å². The summed E-state index contributed by atoms with van der Waals surface area (Å²) in [6.45, 7) is 0. The van der Waals surface area contributed by atoms with Crippen molar-refractivity contribution in [1.29, 1.82) is 5.26 Å². The summed E-state index contributed by atoms with van der Waals surface area (Å²) in [5, 5.41) is 20.7. The van der Waals surface area contributed by atoms with Crippen LogP contribution in [0.5, 0.6) is 0 Å². The van der Waals surface area contributed by atoms with Crippen LogP contribution in [0.25, 0.3) is 0 Å². The highest BCUT2D eigenvalue weighted by molar-refractivity contribution is 5.73. The van der Waals surface area contributed by atoms with E-state index in [0.29, 0.717) is 12.1 Å². The number of nitrogens with one attached hydrogen (secondary N) is 1. The largest absolute Gasteiger partial charge is 0.481 e. The van der Waals surface area contributed by atoms with Crippen molar-refractivity contribution in [2.24, 2.45) is 5.92 Å². The Bertz CT molecular complexity index is 496. The van der Waals surface area contributed by atoms with Gasteiger partial charge in [-0.1, -0.05) is 0 Å². The number of carboxylic acids is 1. The zero-order valence-electron chi connectivity index (χ0n) is 8.98. The fraction of sp³-hybridized carbons (Fsp3) is 0.333. The molecule has 0 spiro atoms. The predicted molar refractivity (Wildman–Crippen MR) is 58.9 cm³/mol. The monoisotopic (exact) mass is 234 g/mol. The van der Waals surface area contributed by atoms with E-state index in [2.05, 4.69) is 5.32 Å². The van der Waals surface area contributed by atoms with Crippen LogP contribution in [-0.2, 0) is 4.79 Å². The number of anilines is 1. The molecular weight excluding hydrogens is 223 g/mol. The highest BCUT2D eigenvalue weighted by Gasteiger charge is 2.36. The van der Waals surface area contributed by atoms with E-state index in [1.54, 1.807) is 0 Å². The number of carbonyl (C=O) groups is 1. The normalized spacial score (nSPS) is 22.4. The number of halogens is 1. The highest BCUT2D eigenvalue weighted by atomic mass is 19.1. The molecule has 1 fully saturated rings. The minimum Gasteiger partial charge on any atom is -0.481 e. The van der Waals surface area contributed by atoms with Gasteiger partial charge in [-0.15, -0.1) is 0 Å². The van der Waals surface area contributed by atoms with Crippen molar-refractivity contribution < 1.29 is 14.3 Å². The van der Waals surface area contributed by atoms with Gasteiger partial charge in [0.1, 0.15) is 11.9 Å². The number of aliphatic carboxylic acids is 1. The molecular formula is C12H11FN2O2. The van der Waals surface area contributed by atoms with E-state index in [1.165, 1.54) is 12.1 Å². The molecule has 88 valence electrons. The number of rotatable bonds is 3. The summed E-state index contributed by atoms with van der Waals surface area (Å²) in [6.07, 6.45) is 1.38. The first-order valence-electron chi connectivity index (χ1n) is 5.31. The Kier molecular flexibility index (Phi) is 2.96. The second-order valence-corrected chi connectivity index (χ2v) is 4.07. The Balaban J connectivity index is 2.14. The highest BCUT2D eigenvalue weighted by Crippen LogP contribution is 2.31. The van der Waals surface area contributed by atoms with E-state index in [4.69, 9.17) is 10.4 Å². The lowest BCUT2D eigenvalue weighted by molar-refractivity contribution is -0.144. The molecule has 1 aliphatic rings. The Morgan fingerprint density at radius 3 is 2.82 bits per heavy atom. The van der Waals surface area contributed by atoms with E-state index in [1.807, 2.05) is 6.07 Å². The van der Waals surface area contributed by atoms with Gasteiger partial charge in [0, 0.05) is 6.04 Å². The quantitative estimate of drug-likeness (QED) is 0.838. The smallest absolute Gasteiger partial charge is 0.308 e. The van der Waals surface area contributed by atoms with Crippen LogP contribution in [0.15, 0.2) is 18.2 Å². The first-order valence-corrected chi connectivity index (χ1v) is 5.31. The Morgan fingerprint density at radius 2 is 2.29 bits per heavy atom. The van der Waals surface area contributed by atoms with Crippen molar-refractivity contribution in [1.82, 2.24) is 0 Å². The Hall–Kier alpha value is -2.09. The maximum Gasteiger partial charge on any atom is 0.308 e. The SMILES string of the molecule is N#Cc1cc(F)ccc1NC1CCC1C(=O)O. The number of hydrogen-bond donors (Lipinski definition) is 2. The van der Waals surface area contributed by atoms with Gasteiger partial charge in [-0.25, -0.2) is 4.39 Å². The van der Waals surface area contributed by atoms with Gasteiger partial charge < -0.3 is 10.4 Å². The van der Waals surface area contributed by atoms with Gasteiger partial charge >= 0.3 is 5.97 Å². The Morgan fingerprint density at radius 1 is 1.53 bits per heavy atom. The zero-order chi connectivity index (χ0) is 12.4. The average molecular weight is 234 g/mol. The van der Waals surface area contributed by atoms with E-state index in [-0.39, 0.29) is 11.6 Å². The van der Waals surface area contributed by atoms with Gasteiger partial charge in [0.2, 0.25) is 0 Å². The molecule has 2 atom stereocenters. The van der Waals surface area contributed by atoms with Gasteiger partial charge in [-0.05, 0) is 31.0 Å². The molecule has 2 rings (SSSR count). The number of nitrogens with zero attached hydrogens (tertiary/aromatic N) is 1. The predicted octanol–water partition coefficient (Wildman–Crippen LogP) is 1.97. The molecule has 5 heteroatoms. The third-order valence-electron chi connectivity index (χ3n) is 3.03. The number of nitriles is 1. The van der Waals surface area contributed by atoms with Gasteiger partial charge in [-0.2, -0.15) is 5.26 Å². The molecule has 1 aromatic rings. The first-order chi connectivity index (χ1) is 8.11. The third-order valence-corrected chi connectivity index (χ3v) is 3.03. The summed E-state index contributed by atoms with van der Waals surface area (Å²) in [4.78, 5) is 10.8. The third kappa shape index (κ3) is 2.21. The van der Waals surface area contributed by atoms with Gasteiger partial charge in [0.15, 0.2) is 0 Å². The van der Waals surface area contributed by atoms with Gasteiger partial charge in [0.25, 0.3) is 0 Å². The molecule has 0 aliphatic heterocycles. The maximum atomic E-state index is 12.9. The molecule has 2 unspecified atom stereocenters. The second-order valence-electron chi connectivity index (χ2n) is 4.07. The summed E-state index contributed by atoms with van der Waals surface area (Å²) < 4.78 is 12.9. The van der Waals surface area contributed by atoms with Crippen LogP contribution in [0.2, 0.25) is 0 Å². The van der Waals surface area contributed by atoms with Crippen LogP contribution in [0.3, 0.4) is 0 Å². The lowest BCUT2D eigenvalue weighted by Gasteiger charge is -2.34. The molecule has 0 radical (unpaired) electrons. The summed E-state index contributed by atoms with van der Waals surface area (Å²) in [5.74, 6) is -1.74. The summed E-state index contributed by atoms with van der Waals surface area (Å²) >= 11 is 0. The molecule has 0 saturated heterocycles. The molecule has 0 bridgehead atoms. The molecule has 1 saturated carbocycles. The van der Waals surface area contributed by atoms with Crippen LogP contribution in [0.4, 0.5) is 10.1 Å². The minimum atomic E-state index is -0.839. The number of carboxylic acid groups (broad SMARTS) is 1.